The highest BCUT2D eigenvalue weighted by atomic mass is 32.1. The fraction of sp³-hybridized carbons (Fsp3) is 0.133. The molecule has 2 N–H and O–H groups in total. The summed E-state index contributed by atoms with van der Waals surface area (Å²) >= 11 is 5.29. The molecule has 0 aliphatic heterocycles. The minimum Gasteiger partial charge on any atom is -0.493 e. The van der Waals surface area contributed by atoms with Gasteiger partial charge < -0.3 is 19.5 Å². The minimum atomic E-state index is -0.308. The number of para-hydroxylation sites is 1. The lowest BCUT2D eigenvalue weighted by Gasteiger charge is -2.11. The zero-order valence-electron chi connectivity index (χ0n) is 20.3. The first-order chi connectivity index (χ1) is 18.2. The first-order valence-electron chi connectivity index (χ1n) is 12.0. The average Bonchev–Trinajstić information content (AvgIpc) is 2.93. The van der Waals surface area contributed by atoms with Crippen molar-refractivity contribution in [1.29, 1.82) is 0 Å². The van der Waals surface area contributed by atoms with Gasteiger partial charge in [-0.1, -0.05) is 48.5 Å². The predicted octanol–water partition coefficient (Wildman–Crippen LogP) is 5.89. The van der Waals surface area contributed by atoms with E-state index in [-0.39, 0.29) is 11.0 Å². The number of anilines is 1. The minimum absolute atomic E-state index is 0.209. The molecule has 0 heterocycles. The number of amides is 1. The van der Waals surface area contributed by atoms with Crippen molar-refractivity contribution >= 4 is 28.9 Å². The van der Waals surface area contributed by atoms with Crippen molar-refractivity contribution in [2.45, 2.75) is 6.42 Å². The van der Waals surface area contributed by atoms with Crippen LogP contribution >= 0.6 is 12.2 Å². The number of hydrogen-bond acceptors (Lipinski definition) is 5. The van der Waals surface area contributed by atoms with Crippen molar-refractivity contribution in [2.24, 2.45) is 0 Å². The molecule has 0 saturated carbocycles. The molecule has 7 heteroatoms. The number of rotatable bonds is 11. The van der Waals surface area contributed by atoms with Crippen molar-refractivity contribution in [3.63, 3.8) is 0 Å². The topological polar surface area (TPSA) is 68.8 Å². The number of carbonyl (C=O) groups is 1. The molecule has 0 radical (unpaired) electrons. The van der Waals surface area contributed by atoms with Crippen LogP contribution in [0.25, 0.3) is 0 Å². The Kier molecular flexibility index (Phi) is 9.49. The van der Waals surface area contributed by atoms with Crippen LogP contribution in [0, 0.1) is 0 Å². The number of nitrogens with one attached hydrogen (secondary N) is 2. The van der Waals surface area contributed by atoms with Crippen LogP contribution in [0.5, 0.6) is 17.2 Å². The molecule has 4 aromatic carbocycles. The lowest BCUT2D eigenvalue weighted by Crippen LogP contribution is -2.34. The summed E-state index contributed by atoms with van der Waals surface area (Å²) in [4.78, 5) is 12.5. The maximum atomic E-state index is 12.5. The van der Waals surface area contributed by atoms with Gasteiger partial charge in [0.1, 0.15) is 30.5 Å². The molecule has 1 amide bonds. The van der Waals surface area contributed by atoms with Gasteiger partial charge in [0.25, 0.3) is 5.91 Å². The fourth-order valence-corrected chi connectivity index (χ4v) is 3.65. The third-order valence-corrected chi connectivity index (χ3v) is 5.53. The van der Waals surface area contributed by atoms with E-state index in [9.17, 15) is 4.79 Å². The van der Waals surface area contributed by atoms with E-state index in [1.165, 1.54) is 5.56 Å². The lowest BCUT2D eigenvalue weighted by molar-refractivity contribution is 0.0977. The van der Waals surface area contributed by atoms with Crippen molar-refractivity contribution < 1.29 is 19.0 Å². The quantitative estimate of drug-likeness (QED) is 0.193. The Morgan fingerprint density at radius 3 is 1.76 bits per heavy atom. The second-order valence-electron chi connectivity index (χ2n) is 8.05. The van der Waals surface area contributed by atoms with Gasteiger partial charge in [-0.2, -0.15) is 0 Å². The Morgan fingerprint density at radius 1 is 0.622 bits per heavy atom. The van der Waals surface area contributed by atoms with E-state index in [0.717, 1.165) is 23.6 Å². The second-order valence-corrected chi connectivity index (χ2v) is 8.46. The highest BCUT2D eigenvalue weighted by Crippen LogP contribution is 2.17. The molecule has 188 valence electrons. The zero-order valence-corrected chi connectivity index (χ0v) is 21.1. The van der Waals surface area contributed by atoms with Gasteiger partial charge in [-0.3, -0.25) is 10.1 Å². The molecule has 0 aromatic heterocycles. The largest absolute Gasteiger partial charge is 0.493 e. The van der Waals surface area contributed by atoms with E-state index in [0.29, 0.717) is 31.1 Å². The molecule has 0 aliphatic carbocycles. The molecule has 0 spiro atoms. The molecule has 0 atom stereocenters. The van der Waals surface area contributed by atoms with Gasteiger partial charge in [-0.15, -0.1) is 0 Å². The molecule has 4 aromatic rings. The van der Waals surface area contributed by atoms with Gasteiger partial charge in [-0.05, 0) is 78.4 Å². The summed E-state index contributed by atoms with van der Waals surface area (Å²) in [5.41, 5.74) is 2.46. The van der Waals surface area contributed by atoms with Crippen molar-refractivity contribution in [3.8, 4) is 17.2 Å². The summed E-state index contributed by atoms with van der Waals surface area (Å²) < 4.78 is 17.1. The number of benzene rings is 4. The molecule has 0 fully saturated rings. The molecule has 0 unspecified atom stereocenters. The summed E-state index contributed by atoms with van der Waals surface area (Å²) in [5.74, 6) is 1.91. The summed E-state index contributed by atoms with van der Waals surface area (Å²) in [7, 11) is 0. The van der Waals surface area contributed by atoms with Crippen LogP contribution in [-0.4, -0.2) is 30.8 Å². The molecule has 4 rings (SSSR count). The van der Waals surface area contributed by atoms with Crippen LogP contribution in [0.2, 0.25) is 0 Å². The molecule has 0 bridgehead atoms. The van der Waals surface area contributed by atoms with Crippen molar-refractivity contribution in [2.75, 3.05) is 25.1 Å². The average molecular weight is 513 g/mol. The lowest BCUT2D eigenvalue weighted by atomic mass is 10.2. The standard InChI is InChI=1S/C30H28N2O4S/c33-29(24-11-15-27(16-12-24)36-22-21-35-26-9-5-2-6-10-26)32-30(37)31-25-13-17-28(18-14-25)34-20-19-23-7-3-1-4-8-23/h1-18H,19-22H2,(H2,31,32,33,37). The number of hydrogen-bond donors (Lipinski definition) is 2. The Morgan fingerprint density at radius 2 is 1.14 bits per heavy atom. The maximum absolute atomic E-state index is 12.5. The number of thiocarbonyl (C=S) groups is 1. The Bertz CT molecular complexity index is 1260. The third kappa shape index (κ3) is 8.66. The highest BCUT2D eigenvalue weighted by Gasteiger charge is 2.09. The van der Waals surface area contributed by atoms with E-state index in [2.05, 4.69) is 22.8 Å². The van der Waals surface area contributed by atoms with E-state index >= 15 is 0 Å². The van der Waals surface area contributed by atoms with Crippen LogP contribution in [0.4, 0.5) is 5.69 Å². The number of carbonyl (C=O) groups excluding carboxylic acids is 1. The Labute approximate surface area is 222 Å². The van der Waals surface area contributed by atoms with Crippen molar-refractivity contribution in [1.82, 2.24) is 5.32 Å². The van der Waals surface area contributed by atoms with Crippen LogP contribution in [0.15, 0.2) is 109 Å². The Hall–Kier alpha value is -4.36. The molecule has 6 nitrogen and oxygen atoms in total. The summed E-state index contributed by atoms with van der Waals surface area (Å²) in [5, 5.41) is 5.92. The zero-order chi connectivity index (χ0) is 25.7. The molecular weight excluding hydrogens is 484 g/mol. The van der Waals surface area contributed by atoms with Gasteiger partial charge in [0.2, 0.25) is 0 Å². The third-order valence-electron chi connectivity index (χ3n) is 5.32. The van der Waals surface area contributed by atoms with Crippen molar-refractivity contribution in [3.05, 3.63) is 120 Å². The van der Waals surface area contributed by atoms with E-state index in [4.69, 9.17) is 26.4 Å². The number of ether oxygens (including phenoxy) is 3. The second kappa shape index (κ2) is 13.7. The summed E-state index contributed by atoms with van der Waals surface area (Å²) in [6, 6.07) is 34.0. The summed E-state index contributed by atoms with van der Waals surface area (Å²) in [6.45, 7) is 1.41. The molecular formula is C30H28N2O4S. The normalized spacial score (nSPS) is 10.3. The first-order valence-corrected chi connectivity index (χ1v) is 12.4. The molecule has 0 aliphatic rings. The highest BCUT2D eigenvalue weighted by molar-refractivity contribution is 7.80. The van der Waals surface area contributed by atoms with E-state index < -0.39 is 0 Å². The van der Waals surface area contributed by atoms with Gasteiger partial charge in [0, 0.05) is 17.7 Å². The maximum Gasteiger partial charge on any atom is 0.257 e. The Balaban J connectivity index is 1.16. The summed E-state index contributed by atoms with van der Waals surface area (Å²) in [6.07, 6.45) is 0.840. The molecule has 37 heavy (non-hydrogen) atoms. The van der Waals surface area contributed by atoms with Crippen LogP contribution in [0.1, 0.15) is 15.9 Å². The van der Waals surface area contributed by atoms with Crippen LogP contribution in [0.3, 0.4) is 0 Å². The van der Waals surface area contributed by atoms with E-state index in [1.54, 1.807) is 24.3 Å². The van der Waals surface area contributed by atoms with Crippen LogP contribution < -0.4 is 24.8 Å². The first kappa shape index (κ1) is 25.7. The van der Waals surface area contributed by atoms with Gasteiger partial charge in [0.15, 0.2) is 5.11 Å². The van der Waals surface area contributed by atoms with E-state index in [1.807, 2.05) is 72.8 Å². The SMILES string of the molecule is O=C(NC(=S)Nc1ccc(OCCc2ccccc2)cc1)c1ccc(OCCOc2ccccc2)cc1. The monoisotopic (exact) mass is 512 g/mol. The van der Waals surface area contributed by atoms with Gasteiger partial charge >= 0.3 is 0 Å². The predicted molar refractivity (Wildman–Crippen MR) is 150 cm³/mol. The fourth-order valence-electron chi connectivity index (χ4n) is 3.44. The van der Waals surface area contributed by atoms with Crippen LogP contribution in [-0.2, 0) is 6.42 Å². The van der Waals surface area contributed by atoms with Gasteiger partial charge in [0.05, 0.1) is 6.61 Å². The smallest absolute Gasteiger partial charge is 0.257 e. The van der Waals surface area contributed by atoms with Gasteiger partial charge in [-0.25, -0.2) is 0 Å². The molecule has 0 saturated heterocycles.